The van der Waals surface area contributed by atoms with Gasteiger partial charge in [0.2, 0.25) is 0 Å². The van der Waals surface area contributed by atoms with Gasteiger partial charge >= 0.3 is 0 Å². The van der Waals surface area contributed by atoms with Gasteiger partial charge in [-0.15, -0.1) is 0 Å². The largest absolute Gasteiger partial charge is 0.385 e. The van der Waals surface area contributed by atoms with Gasteiger partial charge in [0.05, 0.1) is 0 Å². The maximum atomic E-state index is 4.48. The number of aryl methyl sites for hydroxylation is 2. The lowest BCUT2D eigenvalue weighted by Crippen LogP contribution is -2.12. The van der Waals surface area contributed by atoms with Crippen LogP contribution in [0.2, 0.25) is 0 Å². The van der Waals surface area contributed by atoms with E-state index in [2.05, 4.69) is 46.2 Å². The van der Waals surface area contributed by atoms with Crippen molar-refractivity contribution in [2.45, 2.75) is 39.2 Å². The van der Waals surface area contributed by atoms with Crippen molar-refractivity contribution in [1.82, 2.24) is 9.55 Å². The van der Waals surface area contributed by atoms with Crippen molar-refractivity contribution >= 4 is 5.69 Å². The average Bonchev–Trinajstić information content (AvgIpc) is 2.86. The third-order valence-electron chi connectivity index (χ3n) is 3.74. The van der Waals surface area contributed by atoms with Gasteiger partial charge in [0.15, 0.2) is 0 Å². The predicted octanol–water partition coefficient (Wildman–Crippen LogP) is 3.24. The normalized spacial score (nSPS) is 13.9. The van der Waals surface area contributed by atoms with Crippen LogP contribution in [0.25, 0.3) is 0 Å². The molecule has 0 aliphatic carbocycles. The van der Waals surface area contributed by atoms with E-state index in [1.807, 2.05) is 6.20 Å². The number of nitrogens with zero attached hydrogens (tertiary/aromatic N) is 2. The first-order valence-corrected chi connectivity index (χ1v) is 7.22. The van der Waals surface area contributed by atoms with E-state index in [9.17, 15) is 0 Å². The molecule has 100 valence electrons. The Labute approximate surface area is 114 Å². The molecule has 1 aliphatic heterocycles. The first-order valence-electron chi connectivity index (χ1n) is 7.22. The molecule has 0 bridgehead atoms. The second-order valence-corrected chi connectivity index (χ2v) is 5.24. The number of rotatable bonds is 4. The summed E-state index contributed by atoms with van der Waals surface area (Å²) in [6.07, 6.45) is 8.49. The van der Waals surface area contributed by atoms with E-state index in [0.29, 0.717) is 0 Å². The van der Waals surface area contributed by atoms with Crippen LogP contribution in [-0.2, 0) is 19.4 Å². The minimum Gasteiger partial charge on any atom is -0.385 e. The third-order valence-corrected chi connectivity index (χ3v) is 3.74. The molecular weight excluding hydrogens is 234 g/mol. The van der Waals surface area contributed by atoms with Crippen molar-refractivity contribution in [3.63, 3.8) is 0 Å². The minimum absolute atomic E-state index is 0.919. The molecule has 0 saturated carbocycles. The number of nitrogens with one attached hydrogen (secondary N) is 1. The summed E-state index contributed by atoms with van der Waals surface area (Å²) < 4.78 is 2.26. The molecule has 0 amide bonds. The number of anilines is 1. The molecule has 2 heterocycles. The van der Waals surface area contributed by atoms with Crippen LogP contribution in [0.15, 0.2) is 30.6 Å². The monoisotopic (exact) mass is 255 g/mol. The van der Waals surface area contributed by atoms with Gasteiger partial charge in [-0.05, 0) is 36.5 Å². The summed E-state index contributed by atoms with van der Waals surface area (Å²) in [6.45, 7) is 4.35. The fourth-order valence-electron chi connectivity index (χ4n) is 2.75. The van der Waals surface area contributed by atoms with E-state index in [-0.39, 0.29) is 0 Å². The lowest BCUT2D eigenvalue weighted by atomic mass is 10.00. The molecule has 19 heavy (non-hydrogen) atoms. The number of hydrogen-bond acceptors (Lipinski definition) is 2. The smallest absolute Gasteiger partial charge is 0.113 e. The first kappa shape index (κ1) is 12.3. The van der Waals surface area contributed by atoms with Crippen molar-refractivity contribution in [1.29, 1.82) is 0 Å². The molecule has 1 aromatic heterocycles. The first-order chi connectivity index (χ1) is 9.36. The molecule has 0 spiro atoms. The zero-order valence-corrected chi connectivity index (χ0v) is 11.5. The van der Waals surface area contributed by atoms with Gasteiger partial charge in [-0.1, -0.05) is 19.1 Å². The van der Waals surface area contributed by atoms with E-state index in [1.54, 1.807) is 0 Å². The SMILES string of the molecule is CCCn1ccnc1Cc1ccc2c(c1)NCCC2. The molecule has 0 atom stereocenters. The fourth-order valence-corrected chi connectivity index (χ4v) is 2.75. The highest BCUT2D eigenvalue weighted by molar-refractivity contribution is 5.55. The number of benzene rings is 1. The molecule has 0 radical (unpaired) electrons. The van der Waals surface area contributed by atoms with E-state index in [0.717, 1.165) is 31.8 Å². The Kier molecular flexibility index (Phi) is 3.53. The van der Waals surface area contributed by atoms with E-state index in [4.69, 9.17) is 0 Å². The second kappa shape index (κ2) is 5.47. The lowest BCUT2D eigenvalue weighted by molar-refractivity contribution is 0.647. The molecular formula is C16H21N3. The Morgan fingerprint density at radius 3 is 3.21 bits per heavy atom. The van der Waals surface area contributed by atoms with E-state index in [1.165, 1.54) is 29.7 Å². The third kappa shape index (κ3) is 2.65. The van der Waals surface area contributed by atoms with Crippen molar-refractivity contribution in [3.05, 3.63) is 47.5 Å². The molecule has 1 aromatic carbocycles. The Hall–Kier alpha value is -1.77. The minimum atomic E-state index is 0.919. The maximum absolute atomic E-state index is 4.48. The zero-order chi connectivity index (χ0) is 13.1. The summed E-state index contributed by atoms with van der Waals surface area (Å²) in [4.78, 5) is 4.48. The second-order valence-electron chi connectivity index (χ2n) is 5.24. The highest BCUT2D eigenvalue weighted by atomic mass is 15.1. The summed E-state index contributed by atoms with van der Waals surface area (Å²) in [5, 5.41) is 3.50. The number of aromatic nitrogens is 2. The van der Waals surface area contributed by atoms with Crippen molar-refractivity contribution < 1.29 is 0 Å². The Morgan fingerprint density at radius 2 is 2.32 bits per heavy atom. The summed E-state index contributed by atoms with van der Waals surface area (Å²) >= 11 is 0. The van der Waals surface area contributed by atoms with E-state index >= 15 is 0 Å². The molecule has 3 nitrogen and oxygen atoms in total. The zero-order valence-electron chi connectivity index (χ0n) is 11.5. The van der Waals surface area contributed by atoms with Crippen molar-refractivity contribution in [2.75, 3.05) is 11.9 Å². The Balaban J connectivity index is 1.81. The molecule has 0 fully saturated rings. The molecule has 0 saturated heterocycles. The van der Waals surface area contributed by atoms with Gasteiger partial charge in [0, 0.05) is 37.6 Å². The quantitative estimate of drug-likeness (QED) is 0.909. The number of hydrogen-bond donors (Lipinski definition) is 1. The lowest BCUT2D eigenvalue weighted by Gasteiger charge is -2.18. The molecule has 1 N–H and O–H groups in total. The molecule has 0 unspecified atom stereocenters. The van der Waals surface area contributed by atoms with Crippen LogP contribution in [0, 0.1) is 0 Å². The topological polar surface area (TPSA) is 29.9 Å². The molecule has 1 aliphatic rings. The van der Waals surface area contributed by atoms with Crippen LogP contribution in [0.5, 0.6) is 0 Å². The fraction of sp³-hybridized carbons (Fsp3) is 0.438. The predicted molar refractivity (Wildman–Crippen MR) is 78.6 cm³/mol. The summed E-state index contributed by atoms with van der Waals surface area (Å²) in [5.74, 6) is 1.16. The van der Waals surface area contributed by atoms with Crippen LogP contribution in [0.4, 0.5) is 5.69 Å². The standard InChI is InChI=1S/C16H21N3/c1-2-9-19-10-8-18-16(19)12-13-5-6-14-4-3-7-17-15(14)11-13/h5-6,8,10-11,17H,2-4,7,9,12H2,1H3. The van der Waals surface area contributed by atoms with Gasteiger partial charge in [0.25, 0.3) is 0 Å². The highest BCUT2D eigenvalue weighted by Gasteiger charge is 2.10. The Morgan fingerprint density at radius 1 is 1.37 bits per heavy atom. The highest BCUT2D eigenvalue weighted by Crippen LogP contribution is 2.24. The summed E-state index contributed by atoms with van der Waals surface area (Å²) in [7, 11) is 0. The van der Waals surface area contributed by atoms with Crippen LogP contribution in [-0.4, -0.2) is 16.1 Å². The number of fused-ring (bicyclic) bond motifs is 1. The van der Waals surface area contributed by atoms with Crippen LogP contribution in [0.3, 0.4) is 0 Å². The summed E-state index contributed by atoms with van der Waals surface area (Å²) in [5.41, 5.74) is 4.11. The maximum Gasteiger partial charge on any atom is 0.113 e. The van der Waals surface area contributed by atoms with Gasteiger partial charge in [-0.3, -0.25) is 0 Å². The average molecular weight is 255 g/mol. The molecule has 3 rings (SSSR count). The van der Waals surface area contributed by atoms with Gasteiger partial charge < -0.3 is 9.88 Å². The van der Waals surface area contributed by atoms with Crippen LogP contribution in [0.1, 0.15) is 36.7 Å². The van der Waals surface area contributed by atoms with Crippen molar-refractivity contribution in [3.8, 4) is 0 Å². The van der Waals surface area contributed by atoms with Crippen molar-refractivity contribution in [2.24, 2.45) is 0 Å². The van der Waals surface area contributed by atoms with Crippen LogP contribution >= 0.6 is 0 Å². The van der Waals surface area contributed by atoms with Crippen LogP contribution < -0.4 is 5.32 Å². The van der Waals surface area contributed by atoms with Gasteiger partial charge in [-0.25, -0.2) is 4.98 Å². The van der Waals surface area contributed by atoms with Gasteiger partial charge in [-0.2, -0.15) is 0 Å². The van der Waals surface area contributed by atoms with E-state index < -0.39 is 0 Å². The summed E-state index contributed by atoms with van der Waals surface area (Å²) in [6, 6.07) is 6.81. The number of imidazole rings is 1. The molecule has 3 heteroatoms. The molecule has 2 aromatic rings. The Bertz CT molecular complexity index is 557. The van der Waals surface area contributed by atoms with Gasteiger partial charge in [0.1, 0.15) is 5.82 Å².